The van der Waals surface area contributed by atoms with Crippen molar-refractivity contribution in [1.29, 1.82) is 0 Å². The van der Waals surface area contributed by atoms with Gasteiger partial charge in [0.15, 0.2) is 5.69 Å². The number of imidazole rings is 1. The van der Waals surface area contributed by atoms with Gasteiger partial charge in [0.1, 0.15) is 5.65 Å². The first kappa shape index (κ1) is 13.9. The predicted octanol–water partition coefficient (Wildman–Crippen LogP) is 3.41. The summed E-state index contributed by atoms with van der Waals surface area (Å²) in [5.41, 5.74) is -0.574. The van der Waals surface area contributed by atoms with Crippen LogP contribution in [0.4, 0.5) is 13.2 Å². The van der Waals surface area contributed by atoms with Crippen LogP contribution in [-0.4, -0.2) is 22.0 Å². The zero-order valence-electron chi connectivity index (χ0n) is 11.3. The molecule has 0 spiro atoms. The van der Waals surface area contributed by atoms with Crippen LogP contribution < -0.4 is 0 Å². The highest BCUT2D eigenvalue weighted by Crippen LogP contribution is 2.42. The molecule has 3 rings (SSSR count). The lowest BCUT2D eigenvalue weighted by molar-refractivity contribution is -0.136. The zero-order chi connectivity index (χ0) is 15.2. The van der Waals surface area contributed by atoms with Crippen LogP contribution in [0.15, 0.2) is 18.5 Å². The maximum atomic E-state index is 13.2. The van der Waals surface area contributed by atoms with E-state index >= 15 is 0 Å². The van der Waals surface area contributed by atoms with Gasteiger partial charge in [0.2, 0.25) is 0 Å². The first-order valence-electron chi connectivity index (χ1n) is 6.67. The maximum Gasteiger partial charge on any atom is 0.419 e. The van der Waals surface area contributed by atoms with E-state index in [1.807, 2.05) is 0 Å². The van der Waals surface area contributed by atoms with Gasteiger partial charge in [0.05, 0.1) is 12.2 Å². The molecule has 7 heteroatoms. The van der Waals surface area contributed by atoms with Gasteiger partial charge in [-0.25, -0.2) is 9.78 Å². The van der Waals surface area contributed by atoms with E-state index in [4.69, 9.17) is 4.74 Å². The van der Waals surface area contributed by atoms with Gasteiger partial charge in [0.25, 0.3) is 0 Å². The topological polar surface area (TPSA) is 43.6 Å². The number of hydrogen-bond acceptors (Lipinski definition) is 3. The fourth-order valence-electron chi connectivity index (χ4n) is 2.27. The van der Waals surface area contributed by atoms with E-state index in [1.165, 1.54) is 10.6 Å². The van der Waals surface area contributed by atoms with E-state index in [9.17, 15) is 18.0 Å². The van der Waals surface area contributed by atoms with Crippen LogP contribution in [-0.2, 0) is 10.9 Å². The van der Waals surface area contributed by atoms with Crippen LogP contribution in [0.2, 0.25) is 0 Å². The number of aromatic nitrogens is 2. The van der Waals surface area contributed by atoms with E-state index in [0.717, 1.165) is 18.9 Å². The Labute approximate surface area is 118 Å². The Bertz CT molecular complexity index is 702. The van der Waals surface area contributed by atoms with Crippen LogP contribution in [0, 0.1) is 0 Å². The molecule has 1 fully saturated rings. The third-order valence-corrected chi connectivity index (χ3v) is 3.41. The molecule has 0 aliphatic heterocycles. The molecule has 0 atom stereocenters. The van der Waals surface area contributed by atoms with Gasteiger partial charge in [0, 0.05) is 12.4 Å². The number of hydrogen-bond donors (Lipinski definition) is 0. The van der Waals surface area contributed by atoms with Crippen molar-refractivity contribution in [2.45, 2.75) is 31.9 Å². The van der Waals surface area contributed by atoms with Crippen molar-refractivity contribution in [3.05, 3.63) is 35.3 Å². The lowest BCUT2D eigenvalue weighted by atomic mass is 10.1. The minimum atomic E-state index is -4.51. The number of halogens is 3. The molecule has 1 aliphatic rings. The molecule has 2 aromatic rings. The molecule has 112 valence electrons. The van der Waals surface area contributed by atoms with Gasteiger partial charge >= 0.3 is 12.1 Å². The van der Waals surface area contributed by atoms with Crippen LogP contribution >= 0.6 is 0 Å². The second-order valence-electron chi connectivity index (χ2n) is 5.04. The Morgan fingerprint density at radius 1 is 1.43 bits per heavy atom. The van der Waals surface area contributed by atoms with Crippen LogP contribution in [0.5, 0.6) is 0 Å². The molecule has 0 N–H and O–H groups in total. The highest BCUT2D eigenvalue weighted by molar-refractivity contribution is 5.88. The minimum Gasteiger partial charge on any atom is -0.461 e. The van der Waals surface area contributed by atoms with Gasteiger partial charge in [-0.1, -0.05) is 0 Å². The van der Waals surface area contributed by atoms with E-state index in [1.54, 1.807) is 13.1 Å². The van der Waals surface area contributed by atoms with Crippen molar-refractivity contribution in [3.63, 3.8) is 0 Å². The number of ether oxygens (including phenoxy) is 1. The molecule has 1 saturated carbocycles. The standard InChI is InChI=1S/C14H13F3N2O2/c1-2-21-13(20)11-7-19-6-9(8-3-4-8)5-10(12(19)18-11)14(15,16)17/h5-8H,2-4H2,1H3. The number of carbonyl (C=O) groups excluding carboxylic acids is 1. The Balaban J connectivity index is 2.15. The molecule has 2 aromatic heterocycles. The lowest BCUT2D eigenvalue weighted by Gasteiger charge is -2.10. The van der Waals surface area contributed by atoms with Crippen molar-refractivity contribution in [2.24, 2.45) is 0 Å². The number of alkyl halides is 3. The highest BCUT2D eigenvalue weighted by Gasteiger charge is 2.36. The van der Waals surface area contributed by atoms with E-state index < -0.39 is 17.7 Å². The summed E-state index contributed by atoms with van der Waals surface area (Å²) in [5, 5.41) is 0. The summed E-state index contributed by atoms with van der Waals surface area (Å²) in [7, 11) is 0. The first-order chi connectivity index (χ1) is 9.90. The smallest absolute Gasteiger partial charge is 0.419 e. The van der Waals surface area contributed by atoms with E-state index in [2.05, 4.69) is 4.98 Å². The molecule has 0 aromatic carbocycles. The predicted molar refractivity (Wildman–Crippen MR) is 68.1 cm³/mol. The molecule has 0 bridgehead atoms. The second-order valence-corrected chi connectivity index (χ2v) is 5.04. The lowest BCUT2D eigenvalue weighted by Crippen LogP contribution is -2.09. The summed E-state index contributed by atoms with van der Waals surface area (Å²) < 4.78 is 45.6. The monoisotopic (exact) mass is 298 g/mol. The average molecular weight is 298 g/mol. The molecule has 2 heterocycles. The molecule has 0 unspecified atom stereocenters. The third kappa shape index (κ3) is 2.59. The molecule has 0 amide bonds. The molecule has 4 nitrogen and oxygen atoms in total. The Morgan fingerprint density at radius 3 is 2.71 bits per heavy atom. The van der Waals surface area contributed by atoms with Crippen LogP contribution in [0.1, 0.15) is 47.3 Å². The largest absolute Gasteiger partial charge is 0.461 e. The Morgan fingerprint density at radius 2 is 2.14 bits per heavy atom. The number of nitrogens with zero attached hydrogens (tertiary/aromatic N) is 2. The molecule has 21 heavy (non-hydrogen) atoms. The van der Waals surface area contributed by atoms with Crippen LogP contribution in [0.25, 0.3) is 5.65 Å². The minimum absolute atomic E-state index is 0.115. The molecule has 1 aliphatic carbocycles. The Kier molecular flexibility index (Phi) is 3.15. The van der Waals surface area contributed by atoms with Gasteiger partial charge in [-0.3, -0.25) is 0 Å². The highest BCUT2D eigenvalue weighted by atomic mass is 19.4. The van der Waals surface area contributed by atoms with Crippen molar-refractivity contribution >= 4 is 11.6 Å². The molecule has 0 saturated heterocycles. The zero-order valence-corrected chi connectivity index (χ0v) is 11.3. The number of esters is 1. The van der Waals surface area contributed by atoms with Crippen molar-refractivity contribution in [3.8, 4) is 0 Å². The maximum absolute atomic E-state index is 13.2. The van der Waals surface area contributed by atoms with Crippen molar-refractivity contribution in [1.82, 2.24) is 9.38 Å². The number of rotatable bonds is 3. The fraction of sp³-hybridized carbons (Fsp3) is 0.429. The van der Waals surface area contributed by atoms with Gasteiger partial charge in [-0.15, -0.1) is 0 Å². The van der Waals surface area contributed by atoms with Gasteiger partial charge in [-0.2, -0.15) is 13.2 Å². The second kappa shape index (κ2) is 4.75. The third-order valence-electron chi connectivity index (χ3n) is 3.41. The summed E-state index contributed by atoms with van der Waals surface area (Å²) >= 11 is 0. The Hall–Kier alpha value is -2.05. The molecule has 0 radical (unpaired) electrons. The average Bonchev–Trinajstić information content (AvgIpc) is 3.15. The van der Waals surface area contributed by atoms with Crippen molar-refractivity contribution in [2.75, 3.05) is 6.61 Å². The fourth-order valence-corrected chi connectivity index (χ4v) is 2.27. The van der Waals surface area contributed by atoms with Crippen LogP contribution in [0.3, 0.4) is 0 Å². The quantitative estimate of drug-likeness (QED) is 0.816. The molecular formula is C14H13F3N2O2. The van der Waals surface area contributed by atoms with E-state index in [-0.39, 0.29) is 23.9 Å². The summed E-state index contributed by atoms with van der Waals surface area (Å²) in [5.74, 6) is -0.550. The van der Waals surface area contributed by atoms with Crippen molar-refractivity contribution < 1.29 is 22.7 Å². The summed E-state index contributed by atoms with van der Waals surface area (Å²) in [4.78, 5) is 15.4. The number of pyridine rings is 1. The van der Waals surface area contributed by atoms with Gasteiger partial charge in [-0.05, 0) is 37.3 Å². The summed E-state index contributed by atoms with van der Waals surface area (Å²) in [6.07, 6.45) is 0.167. The first-order valence-corrected chi connectivity index (χ1v) is 6.67. The van der Waals surface area contributed by atoms with E-state index in [0.29, 0.717) is 5.56 Å². The summed E-state index contributed by atoms with van der Waals surface area (Å²) in [6, 6.07) is 1.13. The number of carbonyl (C=O) groups is 1. The molecular weight excluding hydrogens is 285 g/mol. The summed E-state index contributed by atoms with van der Waals surface area (Å²) in [6.45, 7) is 1.77. The van der Waals surface area contributed by atoms with Gasteiger partial charge < -0.3 is 9.14 Å². The number of fused-ring (bicyclic) bond motifs is 1. The normalized spacial score (nSPS) is 15.4. The SMILES string of the molecule is CCOC(=O)c1cn2cc(C3CC3)cc(C(F)(F)F)c2n1.